The molecule has 0 bridgehead atoms. The number of carbonyl (C=O) groups is 1. The van der Waals surface area contributed by atoms with Crippen LogP contribution >= 0.6 is 11.8 Å². The zero-order chi connectivity index (χ0) is 17.6. The fourth-order valence-corrected chi connectivity index (χ4v) is 3.11. The van der Waals surface area contributed by atoms with Crippen LogP contribution in [0.1, 0.15) is 19.9 Å². The second-order valence-corrected chi connectivity index (χ2v) is 6.72. The average molecular weight is 353 g/mol. The normalized spacial score (nSPS) is 10.8. The van der Waals surface area contributed by atoms with Crippen LogP contribution in [0.3, 0.4) is 0 Å². The Hall–Kier alpha value is -2.67. The minimum Gasteiger partial charge on any atom is -0.325 e. The van der Waals surface area contributed by atoms with Gasteiger partial charge in [-0.15, -0.1) is 5.10 Å². The molecule has 3 aromatic rings. The number of nitrogens with one attached hydrogen (secondary N) is 1. The second kappa shape index (κ2) is 7.94. The summed E-state index contributed by atoms with van der Waals surface area (Å²) in [5, 5.41) is 15.1. The molecular formula is C18H19N5OS. The minimum absolute atomic E-state index is 0.0873. The number of anilines is 1. The Bertz CT molecular complexity index is 830. The Balaban J connectivity index is 1.57. The topological polar surface area (TPSA) is 72.7 Å². The Kier molecular flexibility index (Phi) is 5.45. The van der Waals surface area contributed by atoms with E-state index in [1.807, 2.05) is 56.3 Å². The molecule has 25 heavy (non-hydrogen) atoms. The maximum atomic E-state index is 12.1. The van der Waals surface area contributed by atoms with Crippen LogP contribution in [0.15, 0.2) is 59.8 Å². The van der Waals surface area contributed by atoms with Crippen LogP contribution in [0.4, 0.5) is 5.69 Å². The van der Waals surface area contributed by atoms with Crippen molar-refractivity contribution in [3.05, 3.63) is 54.6 Å². The lowest BCUT2D eigenvalue weighted by Crippen LogP contribution is -2.15. The number of thioether (sulfide) groups is 1. The number of hydrogen-bond acceptors (Lipinski definition) is 5. The summed E-state index contributed by atoms with van der Waals surface area (Å²) < 4.78 is 1.70. The van der Waals surface area contributed by atoms with Crippen molar-refractivity contribution < 1.29 is 4.79 Å². The van der Waals surface area contributed by atoms with E-state index in [1.165, 1.54) is 11.8 Å². The van der Waals surface area contributed by atoms with Crippen LogP contribution < -0.4 is 5.32 Å². The number of carbonyl (C=O) groups excluding carboxylic acids is 1. The largest absolute Gasteiger partial charge is 0.325 e. The molecule has 1 amide bonds. The van der Waals surface area contributed by atoms with Crippen LogP contribution in [-0.2, 0) is 4.79 Å². The lowest BCUT2D eigenvalue weighted by molar-refractivity contribution is -0.113. The van der Waals surface area contributed by atoms with Crippen molar-refractivity contribution in [3.63, 3.8) is 0 Å². The molecule has 128 valence electrons. The highest BCUT2D eigenvalue weighted by molar-refractivity contribution is 7.99. The quantitative estimate of drug-likeness (QED) is 0.685. The molecule has 0 aliphatic rings. The molecule has 0 aliphatic heterocycles. The second-order valence-electron chi connectivity index (χ2n) is 5.78. The van der Waals surface area contributed by atoms with Crippen molar-refractivity contribution in [2.75, 3.05) is 11.1 Å². The van der Waals surface area contributed by atoms with Gasteiger partial charge in [-0.05, 0) is 47.5 Å². The molecule has 0 spiro atoms. The van der Waals surface area contributed by atoms with Gasteiger partial charge in [0, 0.05) is 5.69 Å². The number of rotatable bonds is 6. The maximum Gasteiger partial charge on any atom is 0.234 e. The highest BCUT2D eigenvalue weighted by Gasteiger charge is 2.12. The van der Waals surface area contributed by atoms with Crippen LogP contribution in [-0.4, -0.2) is 31.9 Å². The Morgan fingerprint density at radius 3 is 2.44 bits per heavy atom. The van der Waals surface area contributed by atoms with E-state index in [0.717, 1.165) is 16.8 Å². The summed E-state index contributed by atoms with van der Waals surface area (Å²) in [6.45, 7) is 3.99. The van der Waals surface area contributed by atoms with E-state index in [9.17, 15) is 4.79 Å². The van der Waals surface area contributed by atoms with Gasteiger partial charge >= 0.3 is 0 Å². The van der Waals surface area contributed by atoms with Gasteiger partial charge in [-0.1, -0.05) is 54.2 Å². The third kappa shape index (κ3) is 4.45. The first-order chi connectivity index (χ1) is 12.1. The molecule has 0 saturated carbocycles. The zero-order valence-corrected chi connectivity index (χ0v) is 14.9. The van der Waals surface area contributed by atoms with E-state index >= 15 is 0 Å². The summed E-state index contributed by atoms with van der Waals surface area (Å²) in [6.07, 6.45) is 0. The van der Waals surface area contributed by atoms with Crippen LogP contribution in [0, 0.1) is 0 Å². The average Bonchev–Trinajstić information content (AvgIpc) is 3.10. The molecule has 0 aliphatic carbocycles. The van der Waals surface area contributed by atoms with Gasteiger partial charge in [-0.2, -0.15) is 0 Å². The van der Waals surface area contributed by atoms with Crippen molar-refractivity contribution in [3.8, 4) is 11.1 Å². The monoisotopic (exact) mass is 353 g/mol. The first-order valence-electron chi connectivity index (χ1n) is 7.99. The molecule has 0 unspecified atom stereocenters. The summed E-state index contributed by atoms with van der Waals surface area (Å²) in [5.74, 6) is 0.170. The minimum atomic E-state index is -0.0873. The molecule has 3 rings (SSSR count). The number of amides is 1. The summed E-state index contributed by atoms with van der Waals surface area (Å²) in [6, 6.07) is 18.1. The Morgan fingerprint density at radius 1 is 1.08 bits per heavy atom. The standard InChI is InChI=1S/C18H19N5OS/c1-13(2)23-18(20-21-22-23)25-12-17(24)19-16-10-8-15(9-11-16)14-6-4-3-5-7-14/h3-11,13H,12H2,1-2H3,(H,19,24). The van der Waals surface area contributed by atoms with Gasteiger partial charge in [0.15, 0.2) is 0 Å². The van der Waals surface area contributed by atoms with Crippen molar-refractivity contribution in [1.29, 1.82) is 0 Å². The molecule has 0 radical (unpaired) electrons. The Morgan fingerprint density at radius 2 is 1.76 bits per heavy atom. The lowest BCUT2D eigenvalue weighted by atomic mass is 10.1. The number of benzene rings is 2. The van der Waals surface area contributed by atoms with E-state index in [1.54, 1.807) is 4.68 Å². The maximum absolute atomic E-state index is 12.1. The first-order valence-corrected chi connectivity index (χ1v) is 8.98. The Labute approximate surface area is 150 Å². The van der Waals surface area contributed by atoms with Crippen LogP contribution in [0.5, 0.6) is 0 Å². The first kappa shape index (κ1) is 17.2. The number of nitrogens with zero attached hydrogens (tertiary/aromatic N) is 4. The van der Waals surface area contributed by atoms with Crippen molar-refractivity contribution >= 4 is 23.4 Å². The summed E-state index contributed by atoms with van der Waals surface area (Å²) in [4.78, 5) is 12.1. The van der Waals surface area contributed by atoms with E-state index in [0.29, 0.717) is 5.16 Å². The fourth-order valence-electron chi connectivity index (χ4n) is 2.31. The molecule has 0 fully saturated rings. The van der Waals surface area contributed by atoms with Gasteiger partial charge in [0.1, 0.15) is 0 Å². The smallest absolute Gasteiger partial charge is 0.234 e. The highest BCUT2D eigenvalue weighted by Crippen LogP contribution is 2.22. The van der Waals surface area contributed by atoms with E-state index < -0.39 is 0 Å². The van der Waals surface area contributed by atoms with E-state index in [4.69, 9.17) is 0 Å². The zero-order valence-electron chi connectivity index (χ0n) is 14.1. The predicted octanol–water partition coefficient (Wildman–Crippen LogP) is 3.65. The molecule has 1 heterocycles. The van der Waals surface area contributed by atoms with Crippen molar-refractivity contribution in [2.45, 2.75) is 25.0 Å². The van der Waals surface area contributed by atoms with Gasteiger partial charge in [0.25, 0.3) is 0 Å². The van der Waals surface area contributed by atoms with E-state index in [-0.39, 0.29) is 17.7 Å². The summed E-state index contributed by atoms with van der Waals surface area (Å²) >= 11 is 1.32. The molecule has 2 aromatic carbocycles. The number of hydrogen-bond donors (Lipinski definition) is 1. The molecule has 7 heteroatoms. The number of tetrazole rings is 1. The predicted molar refractivity (Wildman–Crippen MR) is 99.4 cm³/mol. The van der Waals surface area contributed by atoms with Crippen LogP contribution in [0.2, 0.25) is 0 Å². The van der Waals surface area contributed by atoms with Gasteiger partial charge in [0.05, 0.1) is 11.8 Å². The molecule has 1 N–H and O–H groups in total. The van der Waals surface area contributed by atoms with Gasteiger partial charge in [-0.25, -0.2) is 4.68 Å². The lowest BCUT2D eigenvalue weighted by Gasteiger charge is -2.08. The third-order valence-electron chi connectivity index (χ3n) is 3.56. The molecule has 0 saturated heterocycles. The third-order valence-corrected chi connectivity index (χ3v) is 4.49. The molecule has 6 nitrogen and oxygen atoms in total. The van der Waals surface area contributed by atoms with E-state index in [2.05, 4.69) is 33.0 Å². The highest BCUT2D eigenvalue weighted by atomic mass is 32.2. The summed E-state index contributed by atoms with van der Waals surface area (Å²) in [5.41, 5.74) is 3.04. The van der Waals surface area contributed by atoms with Crippen molar-refractivity contribution in [1.82, 2.24) is 20.2 Å². The van der Waals surface area contributed by atoms with Gasteiger partial charge in [0.2, 0.25) is 11.1 Å². The van der Waals surface area contributed by atoms with Gasteiger partial charge in [-0.3, -0.25) is 4.79 Å². The van der Waals surface area contributed by atoms with Crippen molar-refractivity contribution in [2.24, 2.45) is 0 Å². The van der Waals surface area contributed by atoms with Crippen LogP contribution in [0.25, 0.3) is 11.1 Å². The molecule has 0 atom stereocenters. The van der Waals surface area contributed by atoms with Gasteiger partial charge < -0.3 is 5.32 Å². The SMILES string of the molecule is CC(C)n1nnnc1SCC(=O)Nc1ccc(-c2ccccc2)cc1. The molecule has 1 aromatic heterocycles. The fraction of sp³-hybridized carbons (Fsp3) is 0.222. The number of aromatic nitrogens is 4. The molecular weight excluding hydrogens is 334 g/mol. The summed E-state index contributed by atoms with van der Waals surface area (Å²) in [7, 11) is 0.